The van der Waals surface area contributed by atoms with Gasteiger partial charge >= 0.3 is 0 Å². The Hall–Kier alpha value is -0.540. The fourth-order valence-corrected chi connectivity index (χ4v) is 1.81. The highest BCUT2D eigenvalue weighted by Gasteiger charge is 2.20. The fraction of sp³-hybridized carbons (Fsp3) is 0.571. The van der Waals surface area contributed by atoms with Gasteiger partial charge in [-0.05, 0) is 45.5 Å². The van der Waals surface area contributed by atoms with E-state index in [-0.39, 0.29) is 5.54 Å². The lowest BCUT2D eigenvalue weighted by Crippen LogP contribution is -2.42. The molecule has 0 aromatic heterocycles. The average molecular weight is 300 g/mol. The lowest BCUT2D eigenvalue weighted by molar-refractivity contribution is 0.125. The molecular weight excluding hydrogens is 278 g/mol. The van der Waals surface area contributed by atoms with Gasteiger partial charge in [0.05, 0.1) is 0 Å². The number of hydrogen-bond donors (Lipinski definition) is 0. The first-order chi connectivity index (χ1) is 7.95. The minimum absolute atomic E-state index is 0.237. The summed E-state index contributed by atoms with van der Waals surface area (Å²) in [5.74, 6) is 0.919. The molecule has 0 amide bonds. The van der Waals surface area contributed by atoms with Crippen LogP contribution in [0.2, 0.25) is 0 Å². The highest BCUT2D eigenvalue weighted by atomic mass is 79.9. The zero-order chi connectivity index (χ0) is 12.9. The maximum atomic E-state index is 5.73. The Morgan fingerprint density at radius 2 is 2.06 bits per heavy atom. The second kappa shape index (κ2) is 6.41. The van der Waals surface area contributed by atoms with E-state index >= 15 is 0 Å². The van der Waals surface area contributed by atoms with Crippen LogP contribution in [0.3, 0.4) is 0 Å². The average Bonchev–Trinajstić information content (AvgIpc) is 2.29. The minimum atomic E-state index is 0.237. The van der Waals surface area contributed by atoms with E-state index in [0.717, 1.165) is 29.8 Å². The van der Waals surface area contributed by atoms with Gasteiger partial charge in [0.15, 0.2) is 0 Å². The summed E-state index contributed by atoms with van der Waals surface area (Å²) in [4.78, 5) is 2.34. The van der Waals surface area contributed by atoms with Crippen LogP contribution in [0.4, 0.5) is 0 Å². The van der Waals surface area contributed by atoms with Crippen molar-refractivity contribution >= 4 is 15.9 Å². The minimum Gasteiger partial charge on any atom is -0.492 e. The van der Waals surface area contributed by atoms with Gasteiger partial charge in [-0.2, -0.15) is 0 Å². The summed E-state index contributed by atoms with van der Waals surface area (Å²) in [6.07, 6.45) is 1.14. The van der Waals surface area contributed by atoms with E-state index in [1.54, 1.807) is 0 Å². The molecule has 0 atom stereocenters. The van der Waals surface area contributed by atoms with Gasteiger partial charge in [-0.25, -0.2) is 0 Å². The summed E-state index contributed by atoms with van der Waals surface area (Å²) in [5, 5.41) is 0. The molecule has 3 heteroatoms. The van der Waals surface area contributed by atoms with Gasteiger partial charge in [0.25, 0.3) is 0 Å². The molecule has 0 bridgehead atoms. The smallest absolute Gasteiger partial charge is 0.120 e. The first-order valence-electron chi connectivity index (χ1n) is 6.05. The van der Waals surface area contributed by atoms with Crippen LogP contribution in [-0.4, -0.2) is 30.6 Å². The van der Waals surface area contributed by atoms with Crippen molar-refractivity contribution in [3.05, 3.63) is 28.7 Å². The zero-order valence-electron chi connectivity index (χ0n) is 11.2. The van der Waals surface area contributed by atoms with Gasteiger partial charge in [-0.3, -0.25) is 4.90 Å². The van der Waals surface area contributed by atoms with Crippen molar-refractivity contribution in [3.8, 4) is 5.75 Å². The Kier molecular flexibility index (Phi) is 5.47. The largest absolute Gasteiger partial charge is 0.492 e. The molecule has 2 nitrogen and oxygen atoms in total. The Morgan fingerprint density at radius 1 is 1.35 bits per heavy atom. The lowest BCUT2D eigenvalue weighted by Gasteiger charge is -2.34. The monoisotopic (exact) mass is 299 g/mol. The molecule has 0 N–H and O–H groups in total. The molecule has 17 heavy (non-hydrogen) atoms. The number of benzene rings is 1. The van der Waals surface area contributed by atoms with E-state index in [9.17, 15) is 0 Å². The van der Waals surface area contributed by atoms with Crippen molar-refractivity contribution in [1.82, 2.24) is 4.90 Å². The van der Waals surface area contributed by atoms with E-state index in [0.29, 0.717) is 0 Å². The van der Waals surface area contributed by atoms with E-state index in [4.69, 9.17) is 4.74 Å². The highest BCUT2D eigenvalue weighted by molar-refractivity contribution is 9.10. The van der Waals surface area contributed by atoms with E-state index in [1.165, 1.54) is 0 Å². The van der Waals surface area contributed by atoms with Gasteiger partial charge in [0, 0.05) is 16.6 Å². The van der Waals surface area contributed by atoms with E-state index < -0.39 is 0 Å². The molecule has 0 saturated carbocycles. The number of rotatable bonds is 6. The third-order valence-corrected chi connectivity index (χ3v) is 3.88. The molecule has 0 aliphatic rings. The Labute approximate surface area is 113 Å². The normalized spacial score (nSPS) is 11.9. The number of hydrogen-bond acceptors (Lipinski definition) is 2. The molecule has 1 aromatic carbocycles. The van der Waals surface area contributed by atoms with Crippen molar-refractivity contribution in [2.24, 2.45) is 0 Å². The molecule has 0 spiro atoms. The topological polar surface area (TPSA) is 12.5 Å². The van der Waals surface area contributed by atoms with Crippen LogP contribution in [0.1, 0.15) is 27.2 Å². The first kappa shape index (κ1) is 14.5. The number of ether oxygens (including phenoxy) is 1. The van der Waals surface area contributed by atoms with Gasteiger partial charge < -0.3 is 4.74 Å². The summed E-state index contributed by atoms with van der Waals surface area (Å²) >= 11 is 3.44. The molecule has 0 aliphatic carbocycles. The number of nitrogens with zero attached hydrogens (tertiary/aromatic N) is 1. The summed E-state index contributed by atoms with van der Waals surface area (Å²) in [7, 11) is 2.15. The van der Waals surface area contributed by atoms with E-state index in [2.05, 4.69) is 48.6 Å². The van der Waals surface area contributed by atoms with Crippen molar-refractivity contribution in [3.63, 3.8) is 0 Å². The van der Waals surface area contributed by atoms with Crippen LogP contribution < -0.4 is 4.74 Å². The lowest BCUT2D eigenvalue weighted by atomic mass is 10.0. The van der Waals surface area contributed by atoms with Crippen LogP contribution in [0.15, 0.2) is 28.7 Å². The molecule has 1 aromatic rings. The molecule has 0 aliphatic heterocycles. The van der Waals surface area contributed by atoms with Crippen molar-refractivity contribution in [2.45, 2.75) is 32.7 Å². The Bertz CT molecular complexity index is 352. The maximum absolute atomic E-state index is 5.73. The van der Waals surface area contributed by atoms with Crippen LogP contribution in [0.5, 0.6) is 5.75 Å². The maximum Gasteiger partial charge on any atom is 0.120 e. The van der Waals surface area contributed by atoms with Crippen LogP contribution in [0, 0.1) is 0 Å². The number of halogens is 1. The summed E-state index contributed by atoms with van der Waals surface area (Å²) in [6, 6.07) is 7.96. The predicted molar refractivity (Wildman–Crippen MR) is 76.6 cm³/mol. The molecular formula is C14H22BrNO. The predicted octanol–water partition coefficient (Wildman–Crippen LogP) is 3.95. The molecule has 96 valence electrons. The summed E-state index contributed by atoms with van der Waals surface area (Å²) in [6.45, 7) is 8.38. The quantitative estimate of drug-likeness (QED) is 0.789. The van der Waals surface area contributed by atoms with Crippen LogP contribution >= 0.6 is 15.9 Å². The molecule has 0 saturated heterocycles. The Morgan fingerprint density at radius 3 is 2.65 bits per heavy atom. The van der Waals surface area contributed by atoms with Crippen LogP contribution in [-0.2, 0) is 0 Å². The zero-order valence-corrected chi connectivity index (χ0v) is 12.8. The molecule has 0 fully saturated rings. The van der Waals surface area contributed by atoms with Gasteiger partial charge in [-0.15, -0.1) is 0 Å². The third-order valence-electron chi connectivity index (χ3n) is 3.39. The molecule has 1 rings (SSSR count). The second-order valence-corrected chi connectivity index (χ2v) is 5.81. The third kappa shape index (κ3) is 4.68. The summed E-state index contributed by atoms with van der Waals surface area (Å²) < 4.78 is 6.78. The molecule has 0 unspecified atom stereocenters. The van der Waals surface area contributed by atoms with Crippen LogP contribution in [0.25, 0.3) is 0 Å². The standard InChI is InChI=1S/C14H22BrNO/c1-5-14(2,3)16(4)9-10-17-13-8-6-7-12(15)11-13/h6-8,11H,5,9-10H2,1-4H3. The summed E-state index contributed by atoms with van der Waals surface area (Å²) in [5.41, 5.74) is 0.237. The van der Waals surface area contributed by atoms with E-state index in [1.807, 2.05) is 24.3 Å². The fourth-order valence-electron chi connectivity index (χ4n) is 1.43. The van der Waals surface area contributed by atoms with Crippen molar-refractivity contribution < 1.29 is 4.74 Å². The van der Waals surface area contributed by atoms with Gasteiger partial charge in [-0.1, -0.05) is 28.9 Å². The SMILES string of the molecule is CCC(C)(C)N(C)CCOc1cccc(Br)c1. The molecule has 0 radical (unpaired) electrons. The van der Waals surface area contributed by atoms with Gasteiger partial charge in [0.1, 0.15) is 12.4 Å². The number of likely N-dealkylation sites (N-methyl/N-ethyl adjacent to an activating group) is 1. The van der Waals surface area contributed by atoms with Crippen molar-refractivity contribution in [2.75, 3.05) is 20.2 Å². The first-order valence-corrected chi connectivity index (χ1v) is 6.84. The van der Waals surface area contributed by atoms with Gasteiger partial charge in [0.2, 0.25) is 0 Å². The Balaban J connectivity index is 2.38. The second-order valence-electron chi connectivity index (χ2n) is 4.89. The van der Waals surface area contributed by atoms with Crippen molar-refractivity contribution in [1.29, 1.82) is 0 Å². The highest BCUT2D eigenvalue weighted by Crippen LogP contribution is 2.19. The molecule has 0 heterocycles.